The second kappa shape index (κ2) is 15.6. The molecule has 2 heterocycles. The van der Waals surface area contributed by atoms with E-state index in [1.54, 1.807) is 51.4 Å². The van der Waals surface area contributed by atoms with Crippen molar-refractivity contribution in [3.63, 3.8) is 0 Å². The van der Waals surface area contributed by atoms with Crippen molar-refractivity contribution in [3.05, 3.63) is 53.6 Å². The molecule has 0 bridgehead atoms. The summed E-state index contributed by atoms with van der Waals surface area (Å²) in [6, 6.07) is 8.35. The number of amides is 1. The molecule has 1 unspecified atom stereocenters. The molecule has 2 aromatic heterocycles. The molecule has 42 heavy (non-hydrogen) atoms. The second-order valence-corrected chi connectivity index (χ2v) is 12.4. The molecular weight excluding hydrogens is 583 g/mol. The fraction of sp³-hybridized carbons (Fsp3) is 0.448. The molecule has 228 valence electrons. The summed E-state index contributed by atoms with van der Waals surface area (Å²) in [5.41, 5.74) is 5.76. The van der Waals surface area contributed by atoms with E-state index in [1.807, 2.05) is 6.92 Å². The van der Waals surface area contributed by atoms with Crippen molar-refractivity contribution in [1.29, 1.82) is 0 Å². The van der Waals surface area contributed by atoms with Crippen molar-refractivity contribution in [1.82, 2.24) is 15.0 Å². The summed E-state index contributed by atoms with van der Waals surface area (Å²) in [6.45, 7) is 7.20. The Kier molecular flexibility index (Phi) is 12.3. The number of nitrogens with zero attached hydrogens (tertiary/aromatic N) is 3. The molecule has 10 nitrogen and oxygen atoms in total. The number of anilines is 2. The molecule has 1 fully saturated rings. The van der Waals surface area contributed by atoms with Crippen molar-refractivity contribution in [3.8, 4) is 22.9 Å². The van der Waals surface area contributed by atoms with Crippen LogP contribution in [0.2, 0.25) is 5.02 Å². The van der Waals surface area contributed by atoms with Gasteiger partial charge in [0.05, 0.1) is 22.0 Å². The van der Waals surface area contributed by atoms with Crippen LogP contribution in [-0.4, -0.2) is 42.6 Å². The van der Waals surface area contributed by atoms with Crippen molar-refractivity contribution >= 4 is 40.3 Å². The lowest BCUT2D eigenvalue weighted by atomic mass is 9.96. The van der Waals surface area contributed by atoms with Gasteiger partial charge >= 0.3 is 6.09 Å². The molecule has 4 rings (SSSR count). The molecule has 13 heteroatoms. The van der Waals surface area contributed by atoms with Crippen molar-refractivity contribution in [2.75, 3.05) is 15.8 Å². The quantitative estimate of drug-likeness (QED) is 0.227. The second-order valence-electron chi connectivity index (χ2n) is 10.7. The molecule has 0 radical (unpaired) electrons. The molecule has 4 N–H and O–H groups in total. The summed E-state index contributed by atoms with van der Waals surface area (Å²) < 4.78 is 40.0. The molecule has 1 aliphatic rings. The Labute approximate surface area is 253 Å². The highest BCUT2D eigenvalue weighted by Gasteiger charge is 2.19. The van der Waals surface area contributed by atoms with Gasteiger partial charge in [-0.25, -0.2) is 28.3 Å². The summed E-state index contributed by atoms with van der Waals surface area (Å²) in [6.07, 6.45) is 9.11. The number of nitrogens with one attached hydrogen (secondary N) is 2. The molecule has 0 saturated heterocycles. The van der Waals surface area contributed by atoms with Gasteiger partial charge in [0.15, 0.2) is 11.6 Å². The average molecular weight is 621 g/mol. The summed E-state index contributed by atoms with van der Waals surface area (Å²) in [5.74, 6) is 0.302. The van der Waals surface area contributed by atoms with Gasteiger partial charge in [0, 0.05) is 30.3 Å². The SMILES string of the molecule is CC(C)(C)OC(N)=O.CCCS(=O)Nc1cc(F)c(Oc2ncccc2-c2ccnc(NC3CCCCC3)n2)c(Cl)c1. The van der Waals surface area contributed by atoms with Gasteiger partial charge in [-0.3, -0.25) is 0 Å². The number of aromatic nitrogens is 3. The van der Waals surface area contributed by atoms with E-state index in [1.165, 1.54) is 31.4 Å². The molecule has 1 aromatic carbocycles. The predicted octanol–water partition coefficient (Wildman–Crippen LogP) is 7.23. The molecule has 1 atom stereocenters. The summed E-state index contributed by atoms with van der Waals surface area (Å²) >= 11 is 6.31. The predicted molar refractivity (Wildman–Crippen MR) is 165 cm³/mol. The van der Waals surface area contributed by atoms with Gasteiger partial charge in [-0.2, -0.15) is 0 Å². The van der Waals surface area contributed by atoms with Crippen molar-refractivity contribution < 1.29 is 22.9 Å². The average Bonchev–Trinajstić information content (AvgIpc) is 2.91. The first-order valence-corrected chi connectivity index (χ1v) is 15.5. The number of pyridine rings is 1. The van der Waals surface area contributed by atoms with Gasteiger partial charge in [0.2, 0.25) is 11.8 Å². The van der Waals surface area contributed by atoms with Crippen LogP contribution in [0.3, 0.4) is 0 Å². The maximum Gasteiger partial charge on any atom is 0.405 e. The van der Waals surface area contributed by atoms with Crippen molar-refractivity contribution in [2.24, 2.45) is 5.73 Å². The minimum Gasteiger partial charge on any atom is -0.444 e. The van der Waals surface area contributed by atoms with Crippen LogP contribution in [0.25, 0.3) is 11.3 Å². The van der Waals surface area contributed by atoms with Crippen LogP contribution in [0.4, 0.5) is 20.8 Å². The number of hydrogen-bond donors (Lipinski definition) is 3. The zero-order valence-corrected chi connectivity index (χ0v) is 25.9. The van der Waals surface area contributed by atoms with E-state index in [-0.39, 0.29) is 16.7 Å². The Bertz CT molecular complexity index is 1340. The molecule has 1 saturated carbocycles. The van der Waals surface area contributed by atoms with Gasteiger partial charge in [0.25, 0.3) is 0 Å². The van der Waals surface area contributed by atoms with Crippen LogP contribution in [0.15, 0.2) is 42.7 Å². The Hall–Kier alpha value is -3.51. The van der Waals surface area contributed by atoms with Crippen LogP contribution >= 0.6 is 11.6 Å². The summed E-state index contributed by atoms with van der Waals surface area (Å²) in [5, 5.41) is 3.45. The monoisotopic (exact) mass is 620 g/mol. The molecular formula is C29H38ClFN6O4S. The third-order valence-electron chi connectivity index (χ3n) is 5.87. The first kappa shape index (κ1) is 33.0. The Balaban J connectivity index is 0.000000531. The van der Waals surface area contributed by atoms with E-state index >= 15 is 0 Å². The Morgan fingerprint density at radius 2 is 1.90 bits per heavy atom. The van der Waals surface area contributed by atoms with E-state index in [4.69, 9.17) is 22.1 Å². The normalized spacial score (nSPS) is 14.2. The third kappa shape index (κ3) is 10.7. The minimum absolute atomic E-state index is 0.0370. The van der Waals surface area contributed by atoms with Crippen LogP contribution in [0.5, 0.6) is 11.6 Å². The fourth-order valence-corrected chi connectivity index (χ4v) is 5.26. The van der Waals surface area contributed by atoms with E-state index < -0.39 is 28.5 Å². The third-order valence-corrected chi connectivity index (χ3v) is 7.39. The maximum absolute atomic E-state index is 14.9. The van der Waals surface area contributed by atoms with Crippen LogP contribution in [-0.2, 0) is 15.7 Å². The maximum atomic E-state index is 14.9. The van der Waals surface area contributed by atoms with E-state index in [0.717, 1.165) is 19.3 Å². The highest BCUT2D eigenvalue weighted by Crippen LogP contribution is 2.37. The number of nitrogens with two attached hydrogens (primary N) is 1. The van der Waals surface area contributed by atoms with Gasteiger partial charge < -0.3 is 25.2 Å². The van der Waals surface area contributed by atoms with E-state index in [0.29, 0.717) is 34.7 Å². The van der Waals surface area contributed by atoms with Crippen LogP contribution in [0.1, 0.15) is 66.2 Å². The first-order chi connectivity index (χ1) is 19.9. The molecule has 1 aliphatic carbocycles. The van der Waals surface area contributed by atoms with Gasteiger partial charge in [-0.15, -0.1) is 0 Å². The molecule has 1 amide bonds. The summed E-state index contributed by atoms with van der Waals surface area (Å²) in [4.78, 5) is 23.3. The Morgan fingerprint density at radius 1 is 1.17 bits per heavy atom. The van der Waals surface area contributed by atoms with Crippen LogP contribution < -0.4 is 20.5 Å². The van der Waals surface area contributed by atoms with E-state index in [2.05, 4.69) is 29.7 Å². The standard InChI is InChI=1S/C24H27ClFN5O2S.C5H11NO2/c1-2-13-34(32)31-17-14-19(25)22(20(26)15-17)33-23-18(9-6-11-27-23)21-10-12-28-24(30-21)29-16-7-4-3-5-8-16;1-5(2,3)8-4(6)7/h6,9-12,14-16,31H,2-5,7-8,13H2,1H3,(H,28,29,30);1-3H3,(H2,6,7). The highest BCUT2D eigenvalue weighted by molar-refractivity contribution is 7.86. The fourth-order valence-electron chi connectivity index (χ4n) is 4.16. The molecule has 3 aromatic rings. The van der Waals surface area contributed by atoms with E-state index in [9.17, 15) is 13.4 Å². The van der Waals surface area contributed by atoms with Crippen molar-refractivity contribution in [2.45, 2.75) is 77.9 Å². The lowest BCUT2D eigenvalue weighted by Gasteiger charge is -2.22. The Morgan fingerprint density at radius 3 is 2.52 bits per heavy atom. The van der Waals surface area contributed by atoms with Gasteiger partial charge in [-0.1, -0.05) is 37.8 Å². The number of hydrogen-bond acceptors (Lipinski definition) is 8. The highest BCUT2D eigenvalue weighted by atomic mass is 35.5. The first-order valence-electron chi connectivity index (χ1n) is 13.8. The smallest absolute Gasteiger partial charge is 0.405 e. The zero-order chi connectivity index (χ0) is 30.7. The number of carbonyl (C=O) groups is 1. The van der Waals surface area contributed by atoms with Gasteiger partial charge in [0.1, 0.15) is 16.6 Å². The summed E-state index contributed by atoms with van der Waals surface area (Å²) in [7, 11) is -1.31. The lowest BCUT2D eigenvalue weighted by Crippen LogP contribution is -2.27. The van der Waals surface area contributed by atoms with Gasteiger partial charge in [-0.05, 0) is 64.3 Å². The number of carbonyl (C=O) groups excluding carboxylic acids is 1. The largest absolute Gasteiger partial charge is 0.444 e. The number of primary amides is 1. The van der Waals surface area contributed by atoms with Crippen LogP contribution in [0, 0.1) is 5.82 Å². The molecule has 0 spiro atoms. The topological polar surface area (TPSA) is 141 Å². The lowest BCUT2D eigenvalue weighted by molar-refractivity contribution is 0.0600. The number of rotatable bonds is 9. The minimum atomic E-state index is -1.31. The number of halogens is 2. The zero-order valence-electron chi connectivity index (χ0n) is 24.3. The molecule has 0 aliphatic heterocycles. The number of ether oxygens (including phenoxy) is 2. The number of benzene rings is 1.